The Balaban J connectivity index is 1.61. The lowest BCUT2D eigenvalue weighted by Gasteiger charge is -2.33. The minimum absolute atomic E-state index is 0.0382. The molecule has 1 aromatic carbocycles. The van der Waals surface area contributed by atoms with E-state index in [-0.39, 0.29) is 11.2 Å². The number of likely N-dealkylation sites (tertiary alicyclic amines) is 1. The van der Waals surface area contributed by atoms with Crippen LogP contribution in [0.15, 0.2) is 23.2 Å². The lowest BCUT2D eigenvalue weighted by molar-refractivity contribution is 0.160. The van der Waals surface area contributed by atoms with Crippen LogP contribution in [-0.2, 0) is 5.41 Å². The van der Waals surface area contributed by atoms with Gasteiger partial charge in [0.15, 0.2) is 5.96 Å². The molecule has 28 heavy (non-hydrogen) atoms. The second-order valence-electron chi connectivity index (χ2n) is 9.49. The first-order valence-corrected chi connectivity index (χ1v) is 11.0. The standard InChI is InChI=1S/C23H38N4O/c1-17-8-5-6-14-27(17)15-7-13-24-22(25-19-10-11-19)26-20-16-18(23(2,3)4)9-12-21(20)28/h9,12,16-17,19,28H,5-8,10-11,13-15H2,1-4H3,(H2,24,25,26). The highest BCUT2D eigenvalue weighted by Gasteiger charge is 2.23. The third kappa shape index (κ3) is 6.13. The summed E-state index contributed by atoms with van der Waals surface area (Å²) in [6.07, 6.45) is 7.47. The molecule has 5 heteroatoms. The summed E-state index contributed by atoms with van der Waals surface area (Å²) in [5, 5.41) is 17.2. The Morgan fingerprint density at radius 2 is 2.00 bits per heavy atom. The summed E-state index contributed by atoms with van der Waals surface area (Å²) in [6.45, 7) is 12.0. The van der Waals surface area contributed by atoms with Crippen LogP contribution in [0.25, 0.3) is 0 Å². The van der Waals surface area contributed by atoms with E-state index in [9.17, 15) is 5.11 Å². The number of rotatable bonds is 6. The van der Waals surface area contributed by atoms with Crippen molar-refractivity contribution in [3.63, 3.8) is 0 Å². The molecule has 0 spiro atoms. The monoisotopic (exact) mass is 386 g/mol. The Bertz CT molecular complexity index is 676. The highest BCUT2D eigenvalue weighted by atomic mass is 16.3. The van der Waals surface area contributed by atoms with Crippen molar-refractivity contribution in [1.29, 1.82) is 0 Å². The Morgan fingerprint density at radius 1 is 1.21 bits per heavy atom. The number of nitrogens with one attached hydrogen (secondary N) is 2. The van der Waals surface area contributed by atoms with Crippen molar-refractivity contribution in [2.45, 2.75) is 83.7 Å². The van der Waals surface area contributed by atoms with E-state index in [1.54, 1.807) is 6.07 Å². The normalized spacial score (nSPS) is 21.6. The number of guanidine groups is 1. The molecule has 1 saturated carbocycles. The number of phenols is 1. The molecule has 1 aromatic rings. The van der Waals surface area contributed by atoms with Crippen LogP contribution in [0.1, 0.15) is 71.8 Å². The molecule has 1 heterocycles. The molecule has 2 aliphatic rings. The summed E-state index contributed by atoms with van der Waals surface area (Å²) < 4.78 is 0. The third-order valence-corrected chi connectivity index (χ3v) is 5.85. The van der Waals surface area contributed by atoms with Crippen molar-refractivity contribution >= 4 is 11.6 Å². The number of piperidine rings is 1. The van der Waals surface area contributed by atoms with Gasteiger partial charge in [0.05, 0.1) is 5.69 Å². The van der Waals surface area contributed by atoms with Crippen LogP contribution >= 0.6 is 0 Å². The molecule has 1 aliphatic heterocycles. The average Bonchev–Trinajstić information content (AvgIpc) is 3.45. The highest BCUT2D eigenvalue weighted by molar-refractivity contribution is 5.95. The Morgan fingerprint density at radius 3 is 2.68 bits per heavy atom. The van der Waals surface area contributed by atoms with Gasteiger partial charge in [-0.2, -0.15) is 0 Å². The van der Waals surface area contributed by atoms with Crippen LogP contribution in [0.2, 0.25) is 0 Å². The van der Waals surface area contributed by atoms with Crippen molar-refractivity contribution in [2.24, 2.45) is 4.99 Å². The van der Waals surface area contributed by atoms with Crippen LogP contribution in [0.3, 0.4) is 0 Å². The third-order valence-electron chi connectivity index (χ3n) is 5.85. The molecule has 1 saturated heterocycles. The molecule has 5 nitrogen and oxygen atoms in total. The smallest absolute Gasteiger partial charge is 0.196 e. The minimum Gasteiger partial charge on any atom is -0.506 e. The number of hydrogen-bond acceptors (Lipinski definition) is 3. The van der Waals surface area contributed by atoms with Crippen LogP contribution in [0, 0.1) is 0 Å². The van der Waals surface area contributed by atoms with E-state index in [0.717, 1.165) is 31.2 Å². The fourth-order valence-electron chi connectivity index (χ4n) is 3.73. The molecule has 0 amide bonds. The van der Waals surface area contributed by atoms with Crippen molar-refractivity contribution < 1.29 is 5.11 Å². The summed E-state index contributed by atoms with van der Waals surface area (Å²) in [7, 11) is 0. The summed E-state index contributed by atoms with van der Waals surface area (Å²) in [6, 6.07) is 7.02. The van der Waals surface area contributed by atoms with Crippen molar-refractivity contribution in [1.82, 2.24) is 10.2 Å². The SMILES string of the molecule is CC1CCCCN1CCCN=C(Nc1cc(C(C)(C)C)ccc1O)NC1CC1. The zero-order chi connectivity index (χ0) is 20.1. The Hall–Kier alpha value is -1.75. The first-order valence-electron chi connectivity index (χ1n) is 11.0. The summed E-state index contributed by atoms with van der Waals surface area (Å²) in [5.41, 5.74) is 1.96. The number of phenolic OH excluding ortho intramolecular Hbond substituents is 1. The zero-order valence-electron chi connectivity index (χ0n) is 18.1. The predicted molar refractivity (Wildman–Crippen MR) is 118 cm³/mol. The molecule has 0 bridgehead atoms. The summed E-state index contributed by atoms with van der Waals surface area (Å²) >= 11 is 0. The molecule has 0 aromatic heterocycles. The maximum absolute atomic E-state index is 10.3. The molecule has 1 aliphatic carbocycles. The lowest BCUT2D eigenvalue weighted by Crippen LogP contribution is -2.38. The van der Waals surface area contributed by atoms with Gasteiger partial charge in [-0.1, -0.05) is 33.3 Å². The Labute approximate surface area is 170 Å². The first kappa shape index (κ1) is 21.0. The fourth-order valence-corrected chi connectivity index (χ4v) is 3.73. The van der Waals surface area contributed by atoms with Crippen molar-refractivity contribution in [3.05, 3.63) is 23.8 Å². The lowest BCUT2D eigenvalue weighted by atomic mass is 9.87. The molecule has 1 unspecified atom stereocenters. The van der Waals surface area contributed by atoms with Gasteiger partial charge in [0.2, 0.25) is 0 Å². The number of aliphatic imine (C=N–C) groups is 1. The molecule has 156 valence electrons. The van der Waals surface area contributed by atoms with E-state index < -0.39 is 0 Å². The molecule has 3 rings (SSSR count). The van der Waals surface area contributed by atoms with Crippen molar-refractivity contribution in [3.8, 4) is 5.75 Å². The van der Waals surface area contributed by atoms with E-state index >= 15 is 0 Å². The summed E-state index contributed by atoms with van der Waals surface area (Å²) in [4.78, 5) is 7.39. The zero-order valence-corrected chi connectivity index (χ0v) is 18.1. The van der Waals surface area contributed by atoms with Crippen LogP contribution in [0.5, 0.6) is 5.75 Å². The van der Waals surface area contributed by atoms with Gasteiger partial charge in [-0.3, -0.25) is 4.99 Å². The molecule has 1 atom stereocenters. The number of aromatic hydroxyl groups is 1. The van der Waals surface area contributed by atoms with Gasteiger partial charge in [-0.15, -0.1) is 0 Å². The van der Waals surface area contributed by atoms with Crippen LogP contribution < -0.4 is 10.6 Å². The molecule has 3 N–H and O–H groups in total. The number of hydrogen-bond donors (Lipinski definition) is 3. The first-order chi connectivity index (χ1) is 13.3. The van der Waals surface area contributed by atoms with Gasteiger partial charge in [-0.25, -0.2) is 0 Å². The maximum atomic E-state index is 10.3. The minimum atomic E-state index is 0.0382. The highest BCUT2D eigenvalue weighted by Crippen LogP contribution is 2.31. The van der Waals surface area contributed by atoms with Gasteiger partial charge < -0.3 is 20.6 Å². The maximum Gasteiger partial charge on any atom is 0.196 e. The second kappa shape index (κ2) is 9.17. The molecular formula is C23H38N4O. The number of benzene rings is 1. The van der Waals surface area contributed by atoms with Gasteiger partial charge in [0, 0.05) is 25.2 Å². The van der Waals surface area contributed by atoms with Gasteiger partial charge in [-0.05, 0) is 68.7 Å². The quantitative estimate of drug-likeness (QED) is 0.292. The second-order valence-corrected chi connectivity index (χ2v) is 9.49. The predicted octanol–water partition coefficient (Wildman–Crippen LogP) is 4.47. The van der Waals surface area contributed by atoms with Crippen LogP contribution in [-0.4, -0.2) is 47.7 Å². The number of anilines is 1. The fraction of sp³-hybridized carbons (Fsp3) is 0.696. The molecule has 2 fully saturated rings. The van der Waals surface area contributed by atoms with E-state index in [2.05, 4.69) is 43.2 Å². The largest absolute Gasteiger partial charge is 0.506 e. The van der Waals surface area contributed by atoms with E-state index in [1.807, 2.05) is 12.1 Å². The number of nitrogens with zero attached hydrogens (tertiary/aromatic N) is 2. The van der Waals surface area contributed by atoms with E-state index in [4.69, 9.17) is 4.99 Å². The van der Waals surface area contributed by atoms with E-state index in [1.165, 1.54) is 44.2 Å². The summed E-state index contributed by atoms with van der Waals surface area (Å²) in [5.74, 6) is 1.05. The van der Waals surface area contributed by atoms with Gasteiger partial charge in [0.1, 0.15) is 5.75 Å². The van der Waals surface area contributed by atoms with Crippen LogP contribution in [0.4, 0.5) is 5.69 Å². The van der Waals surface area contributed by atoms with E-state index in [0.29, 0.717) is 12.1 Å². The molecule has 0 radical (unpaired) electrons. The average molecular weight is 387 g/mol. The molecular weight excluding hydrogens is 348 g/mol. The van der Waals surface area contributed by atoms with Crippen molar-refractivity contribution in [2.75, 3.05) is 25.0 Å². The topological polar surface area (TPSA) is 59.9 Å². The Kier molecular flexibility index (Phi) is 6.86. The van der Waals surface area contributed by atoms with Gasteiger partial charge in [0.25, 0.3) is 0 Å². The van der Waals surface area contributed by atoms with Gasteiger partial charge >= 0.3 is 0 Å².